The van der Waals surface area contributed by atoms with Crippen LogP contribution in [0.2, 0.25) is 0 Å². The third-order valence-corrected chi connectivity index (χ3v) is 4.61. The van der Waals surface area contributed by atoms with Crippen LogP contribution in [0.1, 0.15) is 17.8 Å². The molecule has 0 saturated carbocycles. The fraction of sp³-hybridized carbons (Fsp3) is 0.412. The second kappa shape index (κ2) is 5.98. The maximum Gasteiger partial charge on any atom is 0.228 e. The number of halogens is 2. The monoisotopic (exact) mass is 333 g/mol. The van der Waals surface area contributed by atoms with Crippen LogP contribution in [0.15, 0.2) is 18.2 Å². The van der Waals surface area contributed by atoms with Gasteiger partial charge in [0.05, 0.1) is 36.0 Å². The zero-order chi connectivity index (χ0) is 16.7. The van der Waals surface area contributed by atoms with Crippen LogP contribution in [-0.2, 0) is 22.5 Å². The summed E-state index contributed by atoms with van der Waals surface area (Å²) in [4.78, 5) is 21.8. The summed E-state index contributed by atoms with van der Waals surface area (Å²) in [6.45, 7) is 2.14. The van der Waals surface area contributed by atoms with Crippen molar-refractivity contribution in [1.29, 1.82) is 0 Å². The molecule has 24 heavy (non-hydrogen) atoms. The molecule has 126 valence electrons. The van der Waals surface area contributed by atoms with Gasteiger partial charge in [-0.1, -0.05) is 0 Å². The number of H-pyrrole nitrogens is 1. The van der Waals surface area contributed by atoms with E-state index in [2.05, 4.69) is 9.97 Å². The van der Waals surface area contributed by atoms with E-state index in [0.29, 0.717) is 38.5 Å². The van der Waals surface area contributed by atoms with Gasteiger partial charge in [0.2, 0.25) is 5.91 Å². The van der Waals surface area contributed by atoms with Crippen LogP contribution >= 0.6 is 0 Å². The van der Waals surface area contributed by atoms with E-state index in [-0.39, 0.29) is 17.4 Å². The van der Waals surface area contributed by atoms with Crippen molar-refractivity contribution in [2.24, 2.45) is 5.92 Å². The third-order valence-electron chi connectivity index (χ3n) is 4.61. The van der Waals surface area contributed by atoms with Crippen molar-refractivity contribution in [3.8, 4) is 11.4 Å². The Balaban J connectivity index is 1.56. The lowest BCUT2D eigenvalue weighted by Crippen LogP contribution is -2.40. The topological polar surface area (TPSA) is 58.2 Å². The highest BCUT2D eigenvalue weighted by Crippen LogP contribution is 2.26. The molecule has 7 heteroatoms. The lowest BCUT2D eigenvalue weighted by molar-refractivity contribution is -0.136. The summed E-state index contributed by atoms with van der Waals surface area (Å²) in [5.74, 6) is -0.873. The zero-order valence-electron chi connectivity index (χ0n) is 13.0. The van der Waals surface area contributed by atoms with Crippen LogP contribution in [-0.4, -0.2) is 40.5 Å². The number of aromatic amines is 1. The summed E-state index contributed by atoms with van der Waals surface area (Å²) in [6, 6.07) is 3.41. The van der Waals surface area contributed by atoms with E-state index < -0.39 is 11.6 Å². The molecule has 0 unspecified atom stereocenters. The molecule has 2 aromatic rings. The molecular weight excluding hydrogens is 316 g/mol. The maximum atomic E-state index is 13.9. The van der Waals surface area contributed by atoms with Crippen molar-refractivity contribution in [2.75, 3.05) is 19.8 Å². The van der Waals surface area contributed by atoms with E-state index in [1.165, 1.54) is 12.1 Å². The molecule has 1 fully saturated rings. The fourth-order valence-corrected chi connectivity index (χ4v) is 3.28. The number of hydrogen-bond donors (Lipinski definition) is 1. The number of carbonyl (C=O) groups excluding carboxylic acids is 1. The Kier molecular flexibility index (Phi) is 3.80. The van der Waals surface area contributed by atoms with Gasteiger partial charge in [-0.2, -0.15) is 0 Å². The number of nitrogens with one attached hydrogen (secondary N) is 1. The second-order valence-electron chi connectivity index (χ2n) is 6.21. The Morgan fingerprint density at radius 2 is 2.25 bits per heavy atom. The van der Waals surface area contributed by atoms with Gasteiger partial charge in [-0.25, -0.2) is 13.8 Å². The van der Waals surface area contributed by atoms with Crippen LogP contribution in [0.4, 0.5) is 8.78 Å². The highest BCUT2D eigenvalue weighted by atomic mass is 19.1. The molecule has 1 aromatic carbocycles. The normalized spacial score (nSPS) is 20.2. The number of imidazole rings is 1. The summed E-state index contributed by atoms with van der Waals surface area (Å²) in [6.07, 6.45) is 1.38. The van der Waals surface area contributed by atoms with Gasteiger partial charge >= 0.3 is 0 Å². The molecule has 2 aliphatic heterocycles. The summed E-state index contributed by atoms with van der Waals surface area (Å²) in [5, 5.41) is 0. The standard InChI is InChI=1S/C17H17F2N3O2/c18-11-1-2-12(13(19)7-11)16-20-14-3-5-22(8-15(14)21-16)17(23)10-4-6-24-9-10/h1-2,7,10H,3-6,8-9H2,(H,20,21)/t10-/m1/s1. The molecule has 3 heterocycles. The zero-order valence-corrected chi connectivity index (χ0v) is 13.0. The lowest BCUT2D eigenvalue weighted by atomic mass is 10.0. The molecule has 0 spiro atoms. The molecule has 0 bridgehead atoms. The van der Waals surface area contributed by atoms with Gasteiger partial charge in [0.15, 0.2) is 0 Å². The Hall–Kier alpha value is -2.28. The highest BCUT2D eigenvalue weighted by molar-refractivity contribution is 5.79. The number of nitrogens with zero attached hydrogens (tertiary/aromatic N) is 2. The molecule has 1 amide bonds. The smallest absolute Gasteiger partial charge is 0.228 e. The van der Waals surface area contributed by atoms with Crippen LogP contribution in [0.3, 0.4) is 0 Å². The van der Waals surface area contributed by atoms with E-state index in [1.54, 1.807) is 4.90 Å². The highest BCUT2D eigenvalue weighted by Gasteiger charge is 2.31. The molecule has 0 radical (unpaired) electrons. The number of amides is 1. The van der Waals surface area contributed by atoms with Gasteiger partial charge < -0.3 is 14.6 Å². The number of aromatic nitrogens is 2. The number of ether oxygens (including phenoxy) is 1. The van der Waals surface area contributed by atoms with E-state index in [0.717, 1.165) is 23.9 Å². The van der Waals surface area contributed by atoms with Gasteiger partial charge in [0.25, 0.3) is 0 Å². The Morgan fingerprint density at radius 1 is 1.38 bits per heavy atom. The molecule has 1 aromatic heterocycles. The van der Waals surface area contributed by atoms with Crippen LogP contribution in [0, 0.1) is 17.6 Å². The molecule has 2 aliphatic rings. The van der Waals surface area contributed by atoms with Crippen LogP contribution < -0.4 is 0 Å². The first-order valence-corrected chi connectivity index (χ1v) is 8.01. The Labute approximate surface area is 137 Å². The predicted molar refractivity (Wildman–Crippen MR) is 82.0 cm³/mol. The van der Waals surface area contributed by atoms with Gasteiger partial charge in [-0.05, 0) is 18.6 Å². The summed E-state index contributed by atoms with van der Waals surface area (Å²) in [7, 11) is 0. The molecule has 0 aliphatic carbocycles. The molecule has 1 N–H and O–H groups in total. The lowest BCUT2D eigenvalue weighted by Gasteiger charge is -2.28. The molecule has 5 nitrogen and oxygen atoms in total. The quantitative estimate of drug-likeness (QED) is 0.917. The number of fused-ring (bicyclic) bond motifs is 1. The Bertz CT molecular complexity index is 784. The number of carbonyl (C=O) groups is 1. The Morgan fingerprint density at radius 3 is 3.00 bits per heavy atom. The van der Waals surface area contributed by atoms with E-state index >= 15 is 0 Å². The maximum absolute atomic E-state index is 13.9. The van der Waals surface area contributed by atoms with Crippen molar-refractivity contribution >= 4 is 5.91 Å². The van der Waals surface area contributed by atoms with Gasteiger partial charge in [-0.15, -0.1) is 0 Å². The number of benzene rings is 1. The molecule has 1 atom stereocenters. The van der Waals surface area contributed by atoms with E-state index in [9.17, 15) is 13.6 Å². The summed E-state index contributed by atoms with van der Waals surface area (Å²) in [5.41, 5.74) is 1.88. The number of rotatable bonds is 2. The first-order valence-electron chi connectivity index (χ1n) is 8.01. The van der Waals surface area contributed by atoms with Crippen molar-refractivity contribution in [2.45, 2.75) is 19.4 Å². The third kappa shape index (κ3) is 2.69. The van der Waals surface area contributed by atoms with Gasteiger partial charge in [-0.3, -0.25) is 4.79 Å². The first-order chi connectivity index (χ1) is 11.6. The van der Waals surface area contributed by atoms with Gasteiger partial charge in [0, 0.05) is 25.6 Å². The van der Waals surface area contributed by atoms with Gasteiger partial charge in [0.1, 0.15) is 17.5 Å². The van der Waals surface area contributed by atoms with Crippen molar-refractivity contribution in [3.63, 3.8) is 0 Å². The fourth-order valence-electron chi connectivity index (χ4n) is 3.28. The average Bonchev–Trinajstić information content (AvgIpc) is 3.23. The molecular formula is C17H17F2N3O2. The van der Waals surface area contributed by atoms with Crippen molar-refractivity contribution in [3.05, 3.63) is 41.2 Å². The predicted octanol–water partition coefficient (Wildman–Crippen LogP) is 2.28. The minimum atomic E-state index is -0.655. The van der Waals surface area contributed by atoms with Crippen LogP contribution in [0.25, 0.3) is 11.4 Å². The summed E-state index contributed by atoms with van der Waals surface area (Å²) < 4.78 is 32.3. The van der Waals surface area contributed by atoms with E-state index in [1.807, 2.05) is 0 Å². The molecule has 4 rings (SSSR count). The van der Waals surface area contributed by atoms with Crippen molar-refractivity contribution in [1.82, 2.24) is 14.9 Å². The van der Waals surface area contributed by atoms with Crippen molar-refractivity contribution < 1.29 is 18.3 Å². The largest absolute Gasteiger partial charge is 0.381 e. The molecule has 1 saturated heterocycles. The minimum absolute atomic E-state index is 0.0662. The number of hydrogen-bond acceptors (Lipinski definition) is 3. The SMILES string of the molecule is O=C([C@@H]1CCOC1)N1CCc2nc(-c3ccc(F)cc3F)[nH]c2C1. The second-order valence-corrected chi connectivity index (χ2v) is 6.21. The van der Waals surface area contributed by atoms with E-state index in [4.69, 9.17) is 4.74 Å². The summed E-state index contributed by atoms with van der Waals surface area (Å²) >= 11 is 0. The average molecular weight is 333 g/mol. The first kappa shape index (κ1) is 15.3. The minimum Gasteiger partial charge on any atom is -0.381 e. The van der Waals surface area contributed by atoms with Crippen LogP contribution in [0.5, 0.6) is 0 Å².